The number of nitriles is 1. The number of pyridine rings is 1. The van der Waals surface area contributed by atoms with Crippen LogP contribution < -0.4 is 26.0 Å². The van der Waals surface area contributed by atoms with Gasteiger partial charge in [0.1, 0.15) is 24.5 Å². The van der Waals surface area contributed by atoms with Gasteiger partial charge in [-0.1, -0.05) is 0 Å². The van der Waals surface area contributed by atoms with Crippen LogP contribution in [0, 0.1) is 11.3 Å². The normalized spacial score (nSPS) is 23.5. The third kappa shape index (κ3) is 4.23. The van der Waals surface area contributed by atoms with E-state index in [4.69, 9.17) is 9.72 Å². The monoisotopic (exact) mass is 480 g/mol. The van der Waals surface area contributed by atoms with Gasteiger partial charge in [0.15, 0.2) is 0 Å². The first-order valence-electron chi connectivity index (χ1n) is 12.2. The maximum Gasteiger partial charge on any atom is 0.143 e. The highest BCUT2D eigenvalue weighted by atomic mass is 31.2. The zero-order valence-corrected chi connectivity index (χ0v) is 21.0. The van der Waals surface area contributed by atoms with Crippen molar-refractivity contribution in [3.63, 3.8) is 0 Å². The van der Waals surface area contributed by atoms with E-state index in [-0.39, 0.29) is 12.0 Å². The predicted molar refractivity (Wildman–Crippen MR) is 138 cm³/mol. The standard InChI is InChI=1S/C25H33N6O2P/c1-4-27-21-14-23(30-25-24(21)19(15-26)16(2)28-25)29-20-8-7-18(13-22(20)33-3)34(32)11-9-31(10-12-34)17-5-6-17/h7-8,13-14,16-17,19H,4-6,9-12H2,1-3H3,(H3,27,28,29,30). The maximum atomic E-state index is 13.7. The molecule has 9 heteroatoms. The molecule has 2 aliphatic heterocycles. The zero-order chi connectivity index (χ0) is 23.9. The number of aromatic nitrogens is 1. The number of hydrogen-bond donors (Lipinski definition) is 3. The molecule has 1 aromatic carbocycles. The van der Waals surface area contributed by atoms with Crippen LogP contribution in [-0.2, 0) is 4.57 Å². The van der Waals surface area contributed by atoms with Crippen LogP contribution in [0.4, 0.5) is 23.0 Å². The van der Waals surface area contributed by atoms with Gasteiger partial charge in [0, 0.05) is 66.7 Å². The molecule has 34 heavy (non-hydrogen) atoms. The van der Waals surface area contributed by atoms with E-state index in [1.165, 1.54) is 12.8 Å². The summed E-state index contributed by atoms with van der Waals surface area (Å²) in [6, 6.07) is 10.9. The Morgan fingerprint density at radius 3 is 2.68 bits per heavy atom. The van der Waals surface area contributed by atoms with Gasteiger partial charge < -0.3 is 25.3 Å². The van der Waals surface area contributed by atoms with E-state index in [1.54, 1.807) is 7.11 Å². The van der Waals surface area contributed by atoms with Crippen LogP contribution in [0.5, 0.6) is 5.75 Å². The first-order chi connectivity index (χ1) is 16.5. The van der Waals surface area contributed by atoms with Gasteiger partial charge in [0.2, 0.25) is 0 Å². The second-order valence-electron chi connectivity index (χ2n) is 9.50. The molecule has 180 valence electrons. The number of nitrogens with one attached hydrogen (secondary N) is 3. The van der Waals surface area contributed by atoms with Gasteiger partial charge in [-0.05, 0) is 44.9 Å². The molecular formula is C25H33N6O2P. The second kappa shape index (κ2) is 9.13. The van der Waals surface area contributed by atoms with Crippen molar-refractivity contribution in [2.45, 2.75) is 44.7 Å². The molecule has 0 radical (unpaired) electrons. The van der Waals surface area contributed by atoms with E-state index in [9.17, 15) is 9.83 Å². The average molecular weight is 481 g/mol. The highest BCUT2D eigenvalue weighted by Gasteiger charge is 2.37. The van der Waals surface area contributed by atoms with E-state index in [1.807, 2.05) is 38.1 Å². The SMILES string of the molecule is CCNc1cc(Nc2ccc(P3(=O)CCN(C4CC4)CC3)cc2OC)nc2c1C(C#N)C(C)N2. The molecule has 0 amide bonds. The van der Waals surface area contributed by atoms with Crippen molar-refractivity contribution >= 4 is 35.5 Å². The van der Waals surface area contributed by atoms with Crippen molar-refractivity contribution in [1.82, 2.24) is 9.88 Å². The largest absolute Gasteiger partial charge is 0.495 e. The van der Waals surface area contributed by atoms with Gasteiger partial charge in [0.05, 0.1) is 24.8 Å². The summed E-state index contributed by atoms with van der Waals surface area (Å²) < 4.78 is 19.4. The Labute approximate surface area is 201 Å². The highest BCUT2D eigenvalue weighted by molar-refractivity contribution is 7.71. The molecule has 0 bridgehead atoms. The van der Waals surface area contributed by atoms with Crippen LogP contribution in [0.1, 0.15) is 38.2 Å². The molecule has 3 aliphatic rings. The smallest absolute Gasteiger partial charge is 0.143 e. The minimum atomic E-state index is -2.42. The lowest BCUT2D eigenvalue weighted by molar-refractivity contribution is 0.285. The predicted octanol–water partition coefficient (Wildman–Crippen LogP) is 4.15. The third-order valence-corrected chi connectivity index (χ3v) is 10.3. The topological polar surface area (TPSA) is 102 Å². The molecule has 1 saturated carbocycles. The summed E-state index contributed by atoms with van der Waals surface area (Å²) in [4.78, 5) is 7.24. The number of anilines is 4. The Balaban J connectivity index is 1.40. The Bertz CT molecular complexity index is 1160. The van der Waals surface area contributed by atoms with Gasteiger partial charge in [-0.3, -0.25) is 4.90 Å². The molecule has 1 aliphatic carbocycles. The number of ether oxygens (including phenoxy) is 1. The minimum Gasteiger partial charge on any atom is -0.495 e. The lowest BCUT2D eigenvalue weighted by atomic mass is 9.97. The molecule has 2 atom stereocenters. The van der Waals surface area contributed by atoms with Crippen LogP contribution in [0.15, 0.2) is 24.3 Å². The van der Waals surface area contributed by atoms with Gasteiger partial charge in [-0.2, -0.15) is 5.26 Å². The maximum absolute atomic E-state index is 13.7. The van der Waals surface area contributed by atoms with Gasteiger partial charge in [0.25, 0.3) is 0 Å². The Morgan fingerprint density at radius 1 is 1.26 bits per heavy atom. The fourth-order valence-electron chi connectivity index (χ4n) is 5.15. The first-order valence-corrected chi connectivity index (χ1v) is 14.3. The van der Waals surface area contributed by atoms with E-state index in [0.29, 0.717) is 11.6 Å². The van der Waals surface area contributed by atoms with E-state index in [2.05, 4.69) is 26.9 Å². The van der Waals surface area contributed by atoms with E-state index < -0.39 is 7.14 Å². The zero-order valence-electron chi connectivity index (χ0n) is 20.1. The Morgan fingerprint density at radius 2 is 2.03 bits per heavy atom. The number of methoxy groups -OCH3 is 1. The number of benzene rings is 1. The summed E-state index contributed by atoms with van der Waals surface area (Å²) in [5.41, 5.74) is 2.59. The molecule has 2 unspecified atom stereocenters. The second-order valence-corrected chi connectivity index (χ2v) is 12.7. The molecule has 8 nitrogen and oxygen atoms in total. The van der Waals surface area contributed by atoms with Gasteiger partial charge in [-0.15, -0.1) is 0 Å². The van der Waals surface area contributed by atoms with Crippen molar-refractivity contribution < 1.29 is 9.30 Å². The summed E-state index contributed by atoms with van der Waals surface area (Å²) in [6.07, 6.45) is 4.05. The molecule has 1 saturated heterocycles. The first kappa shape index (κ1) is 23.0. The van der Waals surface area contributed by atoms with E-state index >= 15 is 0 Å². The van der Waals surface area contributed by atoms with Crippen LogP contribution in [-0.4, -0.2) is 61.0 Å². The van der Waals surface area contributed by atoms with Crippen molar-refractivity contribution in [1.29, 1.82) is 5.26 Å². The Hall–Kier alpha value is -2.75. The molecule has 3 heterocycles. The molecule has 3 N–H and O–H groups in total. The fraction of sp³-hybridized carbons (Fsp3) is 0.520. The lowest BCUT2D eigenvalue weighted by Gasteiger charge is -2.32. The molecule has 2 aromatic rings. The third-order valence-electron chi connectivity index (χ3n) is 7.22. The minimum absolute atomic E-state index is 0.00230. The highest BCUT2D eigenvalue weighted by Crippen LogP contribution is 2.49. The summed E-state index contributed by atoms with van der Waals surface area (Å²) in [5.74, 6) is 1.79. The number of nitrogens with zero attached hydrogens (tertiary/aromatic N) is 3. The van der Waals surface area contributed by atoms with Crippen molar-refractivity contribution in [2.24, 2.45) is 0 Å². The van der Waals surface area contributed by atoms with Gasteiger partial charge in [-0.25, -0.2) is 4.98 Å². The van der Waals surface area contributed by atoms with Gasteiger partial charge >= 0.3 is 0 Å². The van der Waals surface area contributed by atoms with E-state index in [0.717, 1.165) is 66.1 Å². The summed E-state index contributed by atoms with van der Waals surface area (Å²) in [6.45, 7) is 6.62. The summed E-state index contributed by atoms with van der Waals surface area (Å²) in [5, 5.41) is 20.6. The number of fused-ring (bicyclic) bond motifs is 1. The van der Waals surface area contributed by atoms with Crippen LogP contribution in [0.2, 0.25) is 0 Å². The summed E-state index contributed by atoms with van der Waals surface area (Å²) >= 11 is 0. The van der Waals surface area contributed by atoms with Crippen LogP contribution in [0.25, 0.3) is 0 Å². The average Bonchev–Trinajstić information content (AvgIpc) is 3.62. The van der Waals surface area contributed by atoms with Crippen LogP contribution >= 0.6 is 7.14 Å². The summed E-state index contributed by atoms with van der Waals surface area (Å²) in [7, 11) is -0.783. The lowest BCUT2D eigenvalue weighted by Crippen LogP contribution is -2.38. The number of rotatable bonds is 7. The van der Waals surface area contributed by atoms with Crippen molar-refractivity contribution in [3.8, 4) is 11.8 Å². The number of hydrogen-bond acceptors (Lipinski definition) is 8. The molecule has 5 rings (SSSR count). The molecule has 1 aromatic heterocycles. The quantitative estimate of drug-likeness (QED) is 0.508. The van der Waals surface area contributed by atoms with Crippen molar-refractivity contribution in [3.05, 3.63) is 29.8 Å². The molecular weight excluding hydrogens is 447 g/mol. The molecule has 0 spiro atoms. The fourth-order valence-corrected chi connectivity index (χ4v) is 7.75. The Kier molecular flexibility index (Phi) is 6.18. The van der Waals surface area contributed by atoms with Crippen LogP contribution in [0.3, 0.4) is 0 Å². The van der Waals surface area contributed by atoms with Crippen molar-refractivity contribution in [2.75, 3.05) is 55.0 Å². The molecule has 2 fully saturated rings.